The van der Waals surface area contributed by atoms with Gasteiger partial charge < -0.3 is 0 Å². The summed E-state index contributed by atoms with van der Waals surface area (Å²) < 4.78 is 1.66. The van der Waals surface area contributed by atoms with Gasteiger partial charge in [0.25, 0.3) is 5.56 Å². The van der Waals surface area contributed by atoms with Crippen LogP contribution in [0.3, 0.4) is 0 Å². The van der Waals surface area contributed by atoms with E-state index in [-0.39, 0.29) is 11.5 Å². The second-order valence-electron chi connectivity index (χ2n) is 6.83. The summed E-state index contributed by atoms with van der Waals surface area (Å²) in [5.74, 6) is 0.238. The van der Waals surface area contributed by atoms with Gasteiger partial charge in [0.2, 0.25) is 0 Å². The number of aromatic nitrogens is 2. The van der Waals surface area contributed by atoms with Crippen molar-refractivity contribution < 1.29 is 0 Å². The Labute approximate surface area is 143 Å². The molecule has 0 saturated heterocycles. The lowest BCUT2D eigenvalue weighted by Crippen LogP contribution is -2.15. The number of aromatic amines is 1. The molecule has 0 radical (unpaired) electrons. The number of nitrogens with one attached hydrogen (secondary N) is 1. The van der Waals surface area contributed by atoms with Crippen LogP contribution in [0.5, 0.6) is 0 Å². The third-order valence-corrected chi connectivity index (χ3v) is 4.58. The number of rotatable bonds is 3. The number of H-pyrrole nitrogens is 1. The van der Waals surface area contributed by atoms with Crippen molar-refractivity contribution >= 4 is 0 Å². The molecule has 1 N–H and O–H groups in total. The molecule has 3 heteroatoms. The van der Waals surface area contributed by atoms with Crippen molar-refractivity contribution in [2.45, 2.75) is 40.5 Å². The zero-order valence-electron chi connectivity index (χ0n) is 15.0. The topological polar surface area (TPSA) is 37.8 Å². The van der Waals surface area contributed by atoms with Gasteiger partial charge in [-0.05, 0) is 55.5 Å². The van der Waals surface area contributed by atoms with Gasteiger partial charge in [0.1, 0.15) is 0 Å². The molecule has 2 aromatic carbocycles. The van der Waals surface area contributed by atoms with Crippen LogP contribution in [0.25, 0.3) is 16.8 Å². The van der Waals surface area contributed by atoms with Gasteiger partial charge in [-0.25, -0.2) is 4.68 Å². The lowest BCUT2D eigenvalue weighted by atomic mass is 9.99. The van der Waals surface area contributed by atoms with E-state index in [1.165, 1.54) is 16.7 Å². The van der Waals surface area contributed by atoms with E-state index in [1.54, 1.807) is 4.68 Å². The van der Waals surface area contributed by atoms with Gasteiger partial charge in [-0.1, -0.05) is 49.7 Å². The molecule has 0 atom stereocenters. The van der Waals surface area contributed by atoms with Crippen LogP contribution in [0.4, 0.5) is 0 Å². The lowest BCUT2D eigenvalue weighted by Gasteiger charge is -2.07. The third kappa shape index (κ3) is 2.82. The molecular weight excluding hydrogens is 296 g/mol. The van der Waals surface area contributed by atoms with Crippen LogP contribution in [0.2, 0.25) is 0 Å². The molecule has 0 aliphatic rings. The summed E-state index contributed by atoms with van der Waals surface area (Å²) >= 11 is 0. The average molecular weight is 320 g/mol. The van der Waals surface area contributed by atoms with E-state index in [0.717, 1.165) is 22.5 Å². The van der Waals surface area contributed by atoms with Crippen LogP contribution >= 0.6 is 0 Å². The van der Waals surface area contributed by atoms with E-state index < -0.39 is 0 Å². The molecule has 0 unspecified atom stereocenters. The molecule has 24 heavy (non-hydrogen) atoms. The van der Waals surface area contributed by atoms with E-state index >= 15 is 0 Å². The molecule has 124 valence electrons. The Morgan fingerprint density at radius 3 is 2.17 bits per heavy atom. The molecule has 1 heterocycles. The smallest absolute Gasteiger partial charge is 0.279 e. The minimum absolute atomic E-state index is 0.00538. The van der Waals surface area contributed by atoms with Gasteiger partial charge in [0.05, 0.1) is 11.3 Å². The fourth-order valence-corrected chi connectivity index (χ4v) is 2.92. The predicted molar refractivity (Wildman–Crippen MR) is 100 cm³/mol. The Kier molecular flexibility index (Phi) is 4.18. The van der Waals surface area contributed by atoms with Crippen LogP contribution in [-0.4, -0.2) is 9.78 Å². The van der Waals surface area contributed by atoms with Gasteiger partial charge in [0, 0.05) is 5.69 Å². The Balaban J connectivity index is 2.23. The number of hydrogen-bond donors (Lipinski definition) is 1. The van der Waals surface area contributed by atoms with E-state index in [9.17, 15) is 4.79 Å². The summed E-state index contributed by atoms with van der Waals surface area (Å²) in [7, 11) is 0. The second kappa shape index (κ2) is 6.16. The Morgan fingerprint density at radius 2 is 1.58 bits per heavy atom. The number of aryl methyl sites for hydroxylation is 3. The summed E-state index contributed by atoms with van der Waals surface area (Å²) in [6.45, 7) is 10.4. The standard InChI is InChI=1S/C21H24N2O/c1-13(2)20-19(17-9-6-14(3)7-10-17)21(24)23(22-20)18-11-8-15(4)16(5)12-18/h6-13,22H,1-5H3. The predicted octanol–water partition coefficient (Wildman–Crippen LogP) is 4.88. The highest BCUT2D eigenvalue weighted by molar-refractivity contribution is 5.66. The molecule has 0 aliphatic carbocycles. The monoisotopic (exact) mass is 320 g/mol. The maximum absolute atomic E-state index is 13.1. The van der Waals surface area contributed by atoms with E-state index in [4.69, 9.17) is 0 Å². The Hall–Kier alpha value is -2.55. The van der Waals surface area contributed by atoms with Crippen molar-refractivity contribution in [2.24, 2.45) is 0 Å². The van der Waals surface area contributed by atoms with Crippen molar-refractivity contribution in [3.05, 3.63) is 75.2 Å². The van der Waals surface area contributed by atoms with Gasteiger partial charge >= 0.3 is 0 Å². The highest BCUT2D eigenvalue weighted by Gasteiger charge is 2.19. The molecule has 0 aliphatic heterocycles. The molecular formula is C21H24N2O. The molecule has 3 aromatic rings. The molecule has 1 aromatic heterocycles. The van der Waals surface area contributed by atoms with Crippen molar-refractivity contribution in [2.75, 3.05) is 0 Å². The maximum Gasteiger partial charge on any atom is 0.279 e. The van der Waals surface area contributed by atoms with Gasteiger partial charge in [0.15, 0.2) is 0 Å². The summed E-state index contributed by atoms with van der Waals surface area (Å²) in [4.78, 5) is 13.1. The zero-order chi connectivity index (χ0) is 17.4. The molecule has 0 bridgehead atoms. The quantitative estimate of drug-likeness (QED) is 0.733. The van der Waals surface area contributed by atoms with Gasteiger partial charge in [-0.15, -0.1) is 0 Å². The Bertz CT molecular complexity index is 927. The van der Waals surface area contributed by atoms with E-state index in [1.807, 2.05) is 30.3 Å². The first-order valence-electron chi connectivity index (χ1n) is 8.38. The summed E-state index contributed by atoms with van der Waals surface area (Å²) in [6.07, 6.45) is 0. The zero-order valence-corrected chi connectivity index (χ0v) is 15.0. The van der Waals surface area contributed by atoms with Crippen LogP contribution in [0, 0.1) is 20.8 Å². The van der Waals surface area contributed by atoms with E-state index in [2.05, 4.69) is 51.9 Å². The van der Waals surface area contributed by atoms with Crippen LogP contribution in [0.15, 0.2) is 47.3 Å². The molecule has 0 amide bonds. The van der Waals surface area contributed by atoms with E-state index in [0.29, 0.717) is 0 Å². The number of hydrogen-bond acceptors (Lipinski definition) is 1. The van der Waals surface area contributed by atoms with Gasteiger partial charge in [-0.3, -0.25) is 9.89 Å². The summed E-state index contributed by atoms with van der Waals surface area (Å²) in [6, 6.07) is 14.2. The largest absolute Gasteiger partial charge is 0.294 e. The number of benzene rings is 2. The maximum atomic E-state index is 13.1. The molecule has 0 spiro atoms. The fraction of sp³-hybridized carbons (Fsp3) is 0.286. The second-order valence-corrected chi connectivity index (χ2v) is 6.83. The lowest BCUT2D eigenvalue weighted by molar-refractivity contribution is 0.760. The highest BCUT2D eigenvalue weighted by Crippen LogP contribution is 2.26. The molecule has 3 nitrogen and oxygen atoms in total. The van der Waals surface area contributed by atoms with Crippen molar-refractivity contribution in [3.8, 4) is 16.8 Å². The first-order chi connectivity index (χ1) is 11.4. The fourth-order valence-electron chi connectivity index (χ4n) is 2.92. The highest BCUT2D eigenvalue weighted by atomic mass is 16.1. The van der Waals surface area contributed by atoms with Crippen LogP contribution in [0.1, 0.15) is 42.1 Å². The normalized spacial score (nSPS) is 11.2. The van der Waals surface area contributed by atoms with Crippen LogP contribution in [-0.2, 0) is 0 Å². The Morgan fingerprint density at radius 1 is 0.917 bits per heavy atom. The van der Waals surface area contributed by atoms with Crippen molar-refractivity contribution in [1.29, 1.82) is 0 Å². The van der Waals surface area contributed by atoms with Crippen molar-refractivity contribution in [3.63, 3.8) is 0 Å². The first kappa shape index (κ1) is 16.3. The number of nitrogens with zero attached hydrogens (tertiary/aromatic N) is 1. The summed E-state index contributed by atoms with van der Waals surface area (Å²) in [5.41, 5.74) is 7.18. The SMILES string of the molecule is Cc1ccc(-c2c(C(C)C)[nH]n(-c3ccc(C)c(C)c3)c2=O)cc1. The minimum atomic E-state index is 0.00538. The average Bonchev–Trinajstić information content (AvgIpc) is 2.89. The molecule has 0 fully saturated rings. The van der Waals surface area contributed by atoms with Crippen LogP contribution < -0.4 is 5.56 Å². The van der Waals surface area contributed by atoms with Crippen molar-refractivity contribution in [1.82, 2.24) is 9.78 Å². The van der Waals surface area contributed by atoms with Gasteiger partial charge in [-0.2, -0.15) is 0 Å². The molecule has 3 rings (SSSR count). The summed E-state index contributed by atoms with van der Waals surface area (Å²) in [5, 5.41) is 3.33. The molecule has 0 saturated carbocycles. The minimum Gasteiger partial charge on any atom is -0.294 e. The third-order valence-electron chi connectivity index (χ3n) is 4.58. The first-order valence-corrected chi connectivity index (χ1v) is 8.38.